The molecule has 0 N–H and O–H groups in total. The fourth-order valence-corrected chi connectivity index (χ4v) is 7.65. The first-order valence-electron chi connectivity index (χ1n) is 17.4. The quantitative estimate of drug-likeness (QED) is 0.130. The van der Waals surface area contributed by atoms with Gasteiger partial charge in [-0.3, -0.25) is 14.4 Å². The van der Waals surface area contributed by atoms with Gasteiger partial charge < -0.3 is 9.13 Å². The first kappa shape index (κ1) is 35.7. The Bertz CT molecular complexity index is 2720. The topological polar surface area (TPSA) is 35.6 Å². The van der Waals surface area contributed by atoms with Crippen molar-refractivity contribution in [2.24, 2.45) is 7.05 Å². The minimum absolute atomic E-state index is 0. The van der Waals surface area contributed by atoms with Crippen LogP contribution in [0.1, 0.15) is 22.3 Å². The number of fused-ring (bicyclic) bond motifs is 6. The Morgan fingerprint density at radius 2 is 1.42 bits per heavy atom. The van der Waals surface area contributed by atoms with E-state index in [-0.39, 0.29) is 25.9 Å². The van der Waals surface area contributed by atoms with E-state index in [9.17, 15) is 0 Å². The van der Waals surface area contributed by atoms with Gasteiger partial charge in [0.15, 0.2) is 0 Å². The number of aromatic nitrogens is 4. The van der Waals surface area contributed by atoms with Crippen molar-refractivity contribution in [2.75, 3.05) is 0 Å². The van der Waals surface area contributed by atoms with E-state index in [2.05, 4.69) is 84.9 Å². The van der Waals surface area contributed by atoms with Gasteiger partial charge >= 0.3 is 0 Å². The molecule has 0 saturated heterocycles. The molecule has 0 amide bonds. The normalized spacial score (nSPS) is 11.1. The number of benzene rings is 7. The third kappa shape index (κ3) is 6.39. The molecule has 2 heterocycles. The zero-order valence-corrected chi connectivity index (χ0v) is 32.6. The molecule has 0 atom stereocenters. The van der Waals surface area contributed by atoms with Gasteiger partial charge in [0, 0.05) is 62.1 Å². The fourth-order valence-electron chi connectivity index (χ4n) is 7.65. The van der Waals surface area contributed by atoms with Gasteiger partial charge in [0.05, 0.1) is 12.2 Å². The molecule has 6 heteroatoms. The molecule has 2 aromatic heterocycles. The molecule has 9 aromatic rings. The van der Waals surface area contributed by atoms with Gasteiger partial charge in [-0.15, -0.1) is 53.4 Å². The Labute approximate surface area is 323 Å². The Morgan fingerprint density at radius 1 is 0.698 bits per heavy atom. The maximum atomic E-state index is 15.5. The van der Waals surface area contributed by atoms with Crippen molar-refractivity contribution in [3.05, 3.63) is 174 Å². The molecule has 0 spiro atoms. The third-order valence-corrected chi connectivity index (χ3v) is 9.79. The summed E-state index contributed by atoms with van der Waals surface area (Å²) in [6, 6.07) is 44.8. The zero-order valence-electron chi connectivity index (χ0n) is 30.2. The smallest absolute Gasteiger partial charge is 0.0840 e. The maximum absolute atomic E-state index is 15.5. The average Bonchev–Trinajstić information content (AvgIpc) is 3.79. The number of hydrogen-bond donors (Lipinski definition) is 0. The molecule has 0 fully saturated rings. The molecule has 9 rings (SSSR count). The van der Waals surface area contributed by atoms with Gasteiger partial charge in [0.1, 0.15) is 0 Å². The van der Waals surface area contributed by atoms with Crippen LogP contribution in [0, 0.1) is 45.6 Å². The number of halogens is 1. The summed E-state index contributed by atoms with van der Waals surface area (Å²) in [7, 11) is 2.01. The second kappa shape index (κ2) is 14.7. The van der Waals surface area contributed by atoms with Gasteiger partial charge in [-0.05, 0) is 66.5 Å². The summed E-state index contributed by atoms with van der Waals surface area (Å²) in [6.07, 6.45) is 5.69. The second-order valence-corrected chi connectivity index (χ2v) is 13.4. The number of aryl methyl sites for hydroxylation is 5. The minimum atomic E-state index is -0.270. The molecule has 0 aliphatic carbocycles. The van der Waals surface area contributed by atoms with Gasteiger partial charge in [-0.2, -0.15) is 0 Å². The predicted octanol–water partition coefficient (Wildman–Crippen LogP) is 11.7. The SMILES string of the molecule is Cc1cc(C)c(-n2ccnc2-c2[c-]cccc2)c(C)c1.Cc1ccccc1-c1c(F)c[c-]c2c3ncn(C)c3c3c(-c4ccccc4)cccc3c12.[Ir]. The predicted molar refractivity (Wildman–Crippen MR) is 212 cm³/mol. The van der Waals surface area contributed by atoms with Crippen LogP contribution >= 0.6 is 0 Å². The first-order chi connectivity index (χ1) is 25.3. The van der Waals surface area contributed by atoms with Crippen LogP contribution < -0.4 is 0 Å². The van der Waals surface area contributed by atoms with Crippen molar-refractivity contribution in [1.82, 2.24) is 19.1 Å². The van der Waals surface area contributed by atoms with Gasteiger partial charge in [0.25, 0.3) is 0 Å². The first-order valence-corrected chi connectivity index (χ1v) is 17.4. The van der Waals surface area contributed by atoms with E-state index >= 15 is 4.39 Å². The van der Waals surface area contributed by atoms with Crippen LogP contribution in [-0.2, 0) is 27.2 Å². The van der Waals surface area contributed by atoms with E-state index in [1.54, 1.807) is 0 Å². The van der Waals surface area contributed by atoms with Gasteiger partial charge in [0.2, 0.25) is 0 Å². The Morgan fingerprint density at radius 3 is 2.15 bits per heavy atom. The average molecular weight is 869 g/mol. The molecule has 0 unspecified atom stereocenters. The Hall–Kier alpha value is -5.68. The maximum Gasteiger partial charge on any atom is 0.0840 e. The summed E-state index contributed by atoms with van der Waals surface area (Å²) >= 11 is 0. The molecule has 0 aliphatic heterocycles. The Kier molecular flexibility index (Phi) is 9.94. The van der Waals surface area contributed by atoms with Crippen molar-refractivity contribution in [3.8, 4) is 39.3 Å². The molecule has 0 aliphatic rings. The fraction of sp³-hybridized carbons (Fsp3) is 0.106. The molecule has 53 heavy (non-hydrogen) atoms. The van der Waals surface area contributed by atoms with Crippen LogP contribution in [0.2, 0.25) is 0 Å². The van der Waals surface area contributed by atoms with Gasteiger partial charge in [-0.1, -0.05) is 107 Å². The number of imidazole rings is 2. The molecule has 0 saturated carbocycles. The monoisotopic (exact) mass is 869 g/mol. The van der Waals surface area contributed by atoms with Gasteiger partial charge in [-0.25, -0.2) is 0 Å². The van der Waals surface area contributed by atoms with E-state index < -0.39 is 0 Å². The summed E-state index contributed by atoms with van der Waals surface area (Å²) in [5.74, 6) is 0.661. The standard InChI is InChI=1S/C29H20FN2.C18H17N2.Ir/c1-18-9-6-7-12-20(18)27-24(30)16-15-23-25(27)22-14-8-13-21(19-10-4-3-5-11-19)26(22)29-28(23)31-17-32(29)2;1-13-11-14(2)17(15(3)12-13)20-10-9-19-18(20)16-7-5-4-6-8-16;/h3-14,16-17H,1-2H3;4-7,9-12H,1-3H3;/q2*-1;. The van der Waals surface area contributed by atoms with E-state index in [1.165, 1.54) is 28.4 Å². The van der Waals surface area contributed by atoms with Crippen molar-refractivity contribution in [1.29, 1.82) is 0 Å². The van der Waals surface area contributed by atoms with Crippen LogP contribution in [0.25, 0.3) is 71.9 Å². The van der Waals surface area contributed by atoms with Crippen molar-refractivity contribution in [2.45, 2.75) is 27.7 Å². The van der Waals surface area contributed by atoms with Crippen molar-refractivity contribution in [3.63, 3.8) is 0 Å². The van der Waals surface area contributed by atoms with Crippen LogP contribution in [-0.4, -0.2) is 19.1 Å². The summed E-state index contributed by atoms with van der Waals surface area (Å²) < 4.78 is 19.7. The number of rotatable bonds is 4. The molecular weight excluding hydrogens is 832 g/mol. The van der Waals surface area contributed by atoms with E-state index in [4.69, 9.17) is 4.98 Å². The molecule has 0 bridgehead atoms. The van der Waals surface area contributed by atoms with E-state index in [0.29, 0.717) is 5.56 Å². The van der Waals surface area contributed by atoms with Crippen LogP contribution in [0.5, 0.6) is 0 Å². The number of nitrogens with zero attached hydrogens (tertiary/aromatic N) is 4. The largest absolute Gasteiger partial charge is 0.342 e. The second-order valence-electron chi connectivity index (χ2n) is 13.4. The molecule has 4 nitrogen and oxygen atoms in total. The van der Waals surface area contributed by atoms with E-state index in [0.717, 1.165) is 66.2 Å². The molecule has 7 aromatic carbocycles. The van der Waals surface area contributed by atoms with Crippen LogP contribution in [0.4, 0.5) is 4.39 Å². The zero-order chi connectivity index (χ0) is 35.9. The van der Waals surface area contributed by atoms with Crippen LogP contribution in [0.15, 0.2) is 134 Å². The van der Waals surface area contributed by atoms with Crippen LogP contribution in [0.3, 0.4) is 0 Å². The molecular formula is C47H37FIrN4-2. The summed E-state index contributed by atoms with van der Waals surface area (Å²) in [5.41, 5.74) is 12.7. The van der Waals surface area contributed by atoms with E-state index in [1.807, 2.05) is 104 Å². The molecule has 1 radical (unpaired) electrons. The van der Waals surface area contributed by atoms with Crippen molar-refractivity contribution < 1.29 is 24.5 Å². The third-order valence-electron chi connectivity index (χ3n) is 9.79. The van der Waals surface area contributed by atoms with Crippen molar-refractivity contribution >= 4 is 32.6 Å². The Balaban J connectivity index is 0.000000179. The number of hydrogen-bond acceptors (Lipinski definition) is 2. The summed E-state index contributed by atoms with van der Waals surface area (Å²) in [6.45, 7) is 8.44. The minimum Gasteiger partial charge on any atom is -0.342 e. The molecule has 263 valence electrons. The summed E-state index contributed by atoms with van der Waals surface area (Å²) in [5, 5.41) is 3.79. The summed E-state index contributed by atoms with van der Waals surface area (Å²) in [4.78, 5) is 9.23.